The van der Waals surface area contributed by atoms with Gasteiger partial charge >= 0.3 is 0 Å². The van der Waals surface area contributed by atoms with E-state index in [1.807, 2.05) is 60.7 Å². The molecular formula is C24H22N2O2S2. The predicted octanol–water partition coefficient (Wildman–Crippen LogP) is 5.59. The van der Waals surface area contributed by atoms with E-state index in [-0.39, 0.29) is 23.9 Å². The van der Waals surface area contributed by atoms with Gasteiger partial charge in [-0.15, -0.1) is 22.7 Å². The number of hydrogen-bond donors (Lipinski definition) is 2. The molecule has 2 amide bonds. The quantitative estimate of drug-likeness (QED) is 0.440. The molecule has 0 spiro atoms. The minimum absolute atomic E-state index is 0.0465. The first kappa shape index (κ1) is 19.3. The highest BCUT2D eigenvalue weighted by Crippen LogP contribution is 2.28. The van der Waals surface area contributed by atoms with Crippen LogP contribution in [0.25, 0.3) is 20.2 Å². The van der Waals surface area contributed by atoms with Gasteiger partial charge in [0.05, 0.1) is 9.75 Å². The van der Waals surface area contributed by atoms with Crippen molar-refractivity contribution in [1.82, 2.24) is 10.6 Å². The zero-order valence-corrected chi connectivity index (χ0v) is 18.0. The van der Waals surface area contributed by atoms with E-state index in [1.165, 1.54) is 22.7 Å². The van der Waals surface area contributed by atoms with E-state index in [2.05, 4.69) is 10.6 Å². The van der Waals surface area contributed by atoms with E-state index in [4.69, 9.17) is 0 Å². The Morgan fingerprint density at radius 2 is 1.13 bits per heavy atom. The van der Waals surface area contributed by atoms with Crippen molar-refractivity contribution in [3.05, 3.63) is 70.4 Å². The van der Waals surface area contributed by atoms with Gasteiger partial charge < -0.3 is 10.6 Å². The zero-order valence-electron chi connectivity index (χ0n) is 16.4. The van der Waals surface area contributed by atoms with Gasteiger partial charge in [0, 0.05) is 21.5 Å². The first-order chi connectivity index (χ1) is 14.7. The molecule has 2 heterocycles. The summed E-state index contributed by atoms with van der Waals surface area (Å²) in [6.45, 7) is 0. The number of amides is 2. The lowest BCUT2D eigenvalue weighted by molar-refractivity contribution is 0.0867. The SMILES string of the molecule is O=C(NC1CCCCC1NC(=O)c1cc2ccccc2s1)c1cc2ccccc2s1. The van der Waals surface area contributed by atoms with Crippen LogP contribution in [-0.4, -0.2) is 23.9 Å². The van der Waals surface area contributed by atoms with Crippen molar-refractivity contribution in [3.63, 3.8) is 0 Å². The summed E-state index contributed by atoms with van der Waals surface area (Å²) >= 11 is 3.02. The molecule has 1 aliphatic carbocycles. The fourth-order valence-corrected chi connectivity index (χ4v) is 6.07. The minimum atomic E-state index is -0.0517. The Hall–Kier alpha value is -2.70. The number of carbonyl (C=O) groups is 2. The van der Waals surface area contributed by atoms with Gasteiger partial charge in [-0.25, -0.2) is 0 Å². The van der Waals surface area contributed by atoms with Gasteiger partial charge in [0.15, 0.2) is 0 Å². The highest BCUT2D eigenvalue weighted by molar-refractivity contribution is 7.21. The predicted molar refractivity (Wildman–Crippen MR) is 125 cm³/mol. The zero-order chi connectivity index (χ0) is 20.5. The van der Waals surface area contributed by atoms with E-state index in [0.29, 0.717) is 0 Å². The van der Waals surface area contributed by atoms with Crippen LogP contribution in [0.15, 0.2) is 60.7 Å². The largest absolute Gasteiger partial charge is 0.347 e. The van der Waals surface area contributed by atoms with Crippen molar-refractivity contribution in [2.75, 3.05) is 0 Å². The summed E-state index contributed by atoms with van der Waals surface area (Å²) in [5.41, 5.74) is 0. The summed E-state index contributed by atoms with van der Waals surface area (Å²) in [5.74, 6) is -0.103. The van der Waals surface area contributed by atoms with Gasteiger partial charge in [0.25, 0.3) is 11.8 Å². The molecule has 2 N–H and O–H groups in total. The molecule has 1 saturated carbocycles. The Morgan fingerprint density at radius 3 is 1.57 bits per heavy atom. The van der Waals surface area contributed by atoms with Crippen molar-refractivity contribution in [2.24, 2.45) is 0 Å². The first-order valence-electron chi connectivity index (χ1n) is 10.3. The average Bonchev–Trinajstić information content (AvgIpc) is 3.39. The van der Waals surface area contributed by atoms with Gasteiger partial charge in [-0.3, -0.25) is 9.59 Å². The molecule has 1 fully saturated rings. The van der Waals surface area contributed by atoms with Crippen molar-refractivity contribution in [3.8, 4) is 0 Å². The number of thiophene rings is 2. The molecule has 0 bridgehead atoms. The monoisotopic (exact) mass is 434 g/mol. The second-order valence-electron chi connectivity index (χ2n) is 7.74. The Labute approximate surface area is 182 Å². The maximum atomic E-state index is 12.9. The molecule has 0 aliphatic heterocycles. The standard InChI is InChI=1S/C24H22N2O2S2/c27-23(21-13-15-7-1-5-11-19(15)29-21)25-17-9-3-4-10-18(17)26-24(28)22-14-16-8-2-6-12-20(16)30-22/h1-2,5-8,11-14,17-18H,3-4,9-10H2,(H,25,27)(H,26,28). The highest BCUT2D eigenvalue weighted by Gasteiger charge is 2.29. The number of hydrogen-bond acceptors (Lipinski definition) is 4. The molecule has 2 unspecified atom stereocenters. The molecule has 2 aromatic carbocycles. The van der Waals surface area contributed by atoms with Crippen LogP contribution in [0.4, 0.5) is 0 Å². The van der Waals surface area contributed by atoms with Gasteiger partial charge in [-0.05, 0) is 47.9 Å². The topological polar surface area (TPSA) is 58.2 Å². The summed E-state index contributed by atoms with van der Waals surface area (Å²) in [7, 11) is 0. The second-order valence-corrected chi connectivity index (χ2v) is 9.91. The minimum Gasteiger partial charge on any atom is -0.347 e. The van der Waals surface area contributed by atoms with Crippen molar-refractivity contribution in [1.29, 1.82) is 0 Å². The van der Waals surface area contributed by atoms with Gasteiger partial charge in [-0.2, -0.15) is 0 Å². The molecular weight excluding hydrogens is 412 g/mol. The molecule has 2 atom stereocenters. The van der Waals surface area contributed by atoms with Crippen LogP contribution >= 0.6 is 22.7 Å². The molecule has 6 heteroatoms. The Balaban J connectivity index is 1.30. The van der Waals surface area contributed by atoms with Crippen LogP contribution in [-0.2, 0) is 0 Å². The molecule has 152 valence electrons. The highest BCUT2D eigenvalue weighted by atomic mass is 32.1. The molecule has 2 aromatic heterocycles. The number of nitrogens with one attached hydrogen (secondary N) is 2. The van der Waals surface area contributed by atoms with Gasteiger partial charge in [-0.1, -0.05) is 49.2 Å². The summed E-state index contributed by atoms with van der Waals surface area (Å²) in [6.07, 6.45) is 3.89. The third-order valence-electron chi connectivity index (χ3n) is 5.70. The molecule has 0 radical (unpaired) electrons. The van der Waals surface area contributed by atoms with Crippen LogP contribution in [0.1, 0.15) is 45.0 Å². The molecule has 4 nitrogen and oxygen atoms in total. The normalized spacial score (nSPS) is 19.1. The van der Waals surface area contributed by atoms with Crippen molar-refractivity contribution < 1.29 is 9.59 Å². The number of fused-ring (bicyclic) bond motifs is 2. The number of carbonyl (C=O) groups excluding carboxylic acids is 2. The van der Waals surface area contributed by atoms with E-state index in [9.17, 15) is 9.59 Å². The van der Waals surface area contributed by atoms with E-state index in [1.54, 1.807) is 0 Å². The fraction of sp³-hybridized carbons (Fsp3) is 0.250. The van der Waals surface area contributed by atoms with E-state index >= 15 is 0 Å². The van der Waals surface area contributed by atoms with E-state index in [0.717, 1.165) is 55.6 Å². The molecule has 4 aromatic rings. The third kappa shape index (κ3) is 3.85. The molecule has 5 rings (SSSR count). The summed E-state index contributed by atoms with van der Waals surface area (Å²) < 4.78 is 2.22. The number of rotatable bonds is 4. The summed E-state index contributed by atoms with van der Waals surface area (Å²) in [4.78, 5) is 27.2. The van der Waals surface area contributed by atoms with Crippen LogP contribution in [0.2, 0.25) is 0 Å². The second kappa shape index (κ2) is 8.20. The van der Waals surface area contributed by atoms with Crippen molar-refractivity contribution >= 4 is 54.7 Å². The fourth-order valence-electron chi connectivity index (χ4n) is 4.14. The molecule has 0 saturated heterocycles. The van der Waals surface area contributed by atoms with Gasteiger partial charge in [0.2, 0.25) is 0 Å². The van der Waals surface area contributed by atoms with Crippen LogP contribution < -0.4 is 10.6 Å². The third-order valence-corrected chi connectivity index (χ3v) is 7.93. The van der Waals surface area contributed by atoms with Crippen LogP contribution in [0.5, 0.6) is 0 Å². The van der Waals surface area contributed by atoms with E-state index < -0.39 is 0 Å². The Morgan fingerprint density at radius 1 is 0.700 bits per heavy atom. The maximum absolute atomic E-state index is 12.9. The Bertz CT molecular complexity index is 1060. The lowest BCUT2D eigenvalue weighted by Gasteiger charge is -2.32. The van der Waals surface area contributed by atoms with Crippen molar-refractivity contribution in [2.45, 2.75) is 37.8 Å². The average molecular weight is 435 g/mol. The lowest BCUT2D eigenvalue weighted by Crippen LogP contribution is -2.53. The number of benzene rings is 2. The lowest BCUT2D eigenvalue weighted by atomic mass is 9.90. The summed E-state index contributed by atoms with van der Waals surface area (Å²) in [5, 5.41) is 8.56. The summed E-state index contributed by atoms with van der Waals surface area (Å²) in [6, 6.07) is 19.9. The molecule has 30 heavy (non-hydrogen) atoms. The smallest absolute Gasteiger partial charge is 0.261 e. The molecule has 1 aliphatic rings. The Kier molecular flexibility index (Phi) is 5.27. The maximum Gasteiger partial charge on any atom is 0.261 e. The van der Waals surface area contributed by atoms with Crippen LogP contribution in [0.3, 0.4) is 0 Å². The first-order valence-corrected chi connectivity index (χ1v) is 11.9. The van der Waals surface area contributed by atoms with Gasteiger partial charge in [0.1, 0.15) is 0 Å². The van der Waals surface area contributed by atoms with Crippen LogP contribution in [0, 0.1) is 0 Å².